The first-order valence-corrected chi connectivity index (χ1v) is 12.9. The molecule has 36 heavy (non-hydrogen) atoms. The number of pyridine rings is 1. The van der Waals surface area contributed by atoms with E-state index in [0.717, 1.165) is 12.1 Å². The van der Waals surface area contributed by atoms with Gasteiger partial charge in [0, 0.05) is 27.8 Å². The number of sulfone groups is 2. The molecule has 0 saturated heterocycles. The summed E-state index contributed by atoms with van der Waals surface area (Å²) in [5, 5.41) is 0. The van der Waals surface area contributed by atoms with E-state index in [0.29, 0.717) is 5.69 Å². The van der Waals surface area contributed by atoms with Crippen LogP contribution in [0.2, 0.25) is 0 Å². The average Bonchev–Trinajstić information content (AvgIpc) is 2.71. The van der Waals surface area contributed by atoms with Crippen molar-refractivity contribution in [1.29, 1.82) is 0 Å². The minimum atomic E-state index is -6.59. The van der Waals surface area contributed by atoms with E-state index in [-0.39, 0.29) is 5.41 Å². The quantitative estimate of drug-likeness (QED) is 0.236. The molecule has 0 aliphatic carbocycles. The molecule has 204 valence electrons. The molecular formula is C19H17BrF9NO4S2. The lowest BCUT2D eigenvalue weighted by molar-refractivity contribution is -0.595. The summed E-state index contributed by atoms with van der Waals surface area (Å²) >= 11 is 1.29. The van der Waals surface area contributed by atoms with Crippen LogP contribution in [0.1, 0.15) is 31.9 Å². The molecule has 0 aliphatic rings. The molecule has 5 nitrogen and oxygen atoms in total. The van der Waals surface area contributed by atoms with Crippen molar-refractivity contribution in [2.24, 2.45) is 0 Å². The summed E-state index contributed by atoms with van der Waals surface area (Å²) in [5.41, 5.74) is -11.0. The Hall–Kier alpha value is -1.88. The predicted octanol–water partition coefficient (Wildman–Crippen LogP) is 5.98. The molecule has 2 rings (SSSR count). The maximum atomic E-state index is 12.5. The molecule has 0 bridgehead atoms. The van der Waals surface area contributed by atoms with E-state index in [1.165, 1.54) is 33.6 Å². The van der Waals surface area contributed by atoms with Gasteiger partial charge in [0.15, 0.2) is 12.4 Å². The maximum absolute atomic E-state index is 12.5. The van der Waals surface area contributed by atoms with Gasteiger partial charge >= 0.3 is 17.2 Å². The second-order valence-electron chi connectivity index (χ2n) is 7.92. The van der Waals surface area contributed by atoms with Crippen molar-refractivity contribution in [3.8, 4) is 5.69 Å². The Bertz CT molecular complexity index is 1150. The van der Waals surface area contributed by atoms with Gasteiger partial charge in [-0.05, 0) is 23.1 Å². The van der Waals surface area contributed by atoms with E-state index < -0.39 is 45.9 Å². The van der Waals surface area contributed by atoms with E-state index in [9.17, 15) is 56.3 Å². The Morgan fingerprint density at radius 1 is 0.667 bits per heavy atom. The predicted molar refractivity (Wildman–Crippen MR) is 114 cm³/mol. The third kappa shape index (κ3) is 7.57. The highest BCUT2D eigenvalue weighted by Gasteiger charge is 2.53. The van der Waals surface area contributed by atoms with Crippen LogP contribution in [0.15, 0.2) is 48.8 Å². The van der Waals surface area contributed by atoms with Crippen molar-refractivity contribution in [1.82, 2.24) is 0 Å². The monoisotopic (exact) mass is 637 g/mol. The SMILES string of the molecule is CC(C)(C)c1cc[n+](-c2ccc(C(F)(F)F)cc2)cc1.O=S(=O)([C-](Br)S(=O)(=O)C(F)(F)F)C(F)(F)F. The van der Waals surface area contributed by atoms with Crippen LogP contribution in [0, 0.1) is 3.49 Å². The molecule has 0 spiro atoms. The Morgan fingerprint density at radius 3 is 1.31 bits per heavy atom. The Labute approximate surface area is 208 Å². The third-order valence-corrected chi connectivity index (χ3v) is 10.2. The van der Waals surface area contributed by atoms with Crippen LogP contribution in [0.5, 0.6) is 0 Å². The minimum Gasteiger partial charge on any atom is -0.283 e. The molecular weight excluding hydrogens is 621 g/mol. The number of alkyl halides is 9. The molecule has 0 amide bonds. The molecule has 0 fully saturated rings. The summed E-state index contributed by atoms with van der Waals surface area (Å²) in [4.78, 5) is 0. The van der Waals surface area contributed by atoms with E-state index in [2.05, 4.69) is 20.8 Å². The van der Waals surface area contributed by atoms with Crippen LogP contribution >= 0.6 is 15.9 Å². The normalized spacial score (nSPS) is 13.8. The van der Waals surface area contributed by atoms with Crippen molar-refractivity contribution in [2.45, 2.75) is 43.4 Å². The smallest absolute Gasteiger partial charge is 0.283 e. The van der Waals surface area contributed by atoms with E-state index in [1.54, 1.807) is 4.57 Å². The minimum absolute atomic E-state index is 0.0548. The second-order valence-corrected chi connectivity index (χ2v) is 13.8. The Balaban J connectivity index is 0.000000371. The Kier molecular flexibility index (Phi) is 9.35. The van der Waals surface area contributed by atoms with Gasteiger partial charge in [-0.2, -0.15) is 44.1 Å². The zero-order chi connectivity index (χ0) is 28.5. The number of rotatable bonds is 3. The van der Waals surface area contributed by atoms with Crippen molar-refractivity contribution in [2.75, 3.05) is 0 Å². The van der Waals surface area contributed by atoms with Gasteiger partial charge in [-0.15, -0.1) is 0 Å². The maximum Gasteiger partial charge on any atom is 0.470 e. The van der Waals surface area contributed by atoms with Gasteiger partial charge in [0.25, 0.3) is 0 Å². The van der Waals surface area contributed by atoms with Crippen molar-refractivity contribution < 1.29 is 60.9 Å². The van der Waals surface area contributed by atoms with Crippen LogP contribution in [0.25, 0.3) is 5.69 Å². The van der Waals surface area contributed by atoms with Gasteiger partial charge in [0.05, 0.1) is 5.56 Å². The lowest BCUT2D eigenvalue weighted by Crippen LogP contribution is -2.36. The molecule has 2 aromatic rings. The van der Waals surface area contributed by atoms with Gasteiger partial charge in [0.1, 0.15) is 19.7 Å². The van der Waals surface area contributed by atoms with Gasteiger partial charge in [-0.25, -0.2) is 0 Å². The summed E-state index contributed by atoms with van der Waals surface area (Å²) in [6, 6.07) is 9.11. The van der Waals surface area contributed by atoms with E-state index in [1.807, 2.05) is 24.5 Å². The van der Waals surface area contributed by atoms with Gasteiger partial charge in [-0.3, -0.25) is 32.8 Å². The van der Waals surface area contributed by atoms with Crippen molar-refractivity contribution >= 4 is 35.6 Å². The van der Waals surface area contributed by atoms with Crippen LogP contribution in [-0.4, -0.2) is 27.9 Å². The third-order valence-electron chi connectivity index (χ3n) is 4.22. The second kappa shape index (κ2) is 10.5. The summed E-state index contributed by atoms with van der Waals surface area (Å²) < 4.78 is 148. The summed E-state index contributed by atoms with van der Waals surface area (Å²) in [5.74, 6) is 0. The molecule has 17 heteroatoms. The van der Waals surface area contributed by atoms with Crippen LogP contribution < -0.4 is 4.57 Å². The first-order chi connectivity index (χ1) is 15.8. The summed E-state index contributed by atoms with van der Waals surface area (Å²) in [6.07, 6.45) is -0.564. The zero-order valence-corrected chi connectivity index (χ0v) is 21.5. The molecule has 1 heterocycles. The highest BCUT2D eigenvalue weighted by atomic mass is 79.9. The standard InChI is InChI=1S/C16H17F3N.C3BrF6O4S2/c1-15(2,3)12-8-10-20(11-9-12)14-6-4-13(5-7-14)16(17,18)19;4-1(15(11,12)2(5,6)7)16(13,14)3(8,9)10/h4-11H,1-3H3;/q+1;-1. The molecule has 0 radical (unpaired) electrons. The van der Waals surface area contributed by atoms with E-state index in [4.69, 9.17) is 0 Å². The summed E-state index contributed by atoms with van der Waals surface area (Å²) in [6.45, 7) is 6.35. The first kappa shape index (κ1) is 32.1. The molecule has 0 unspecified atom stereocenters. The first-order valence-electron chi connectivity index (χ1n) is 9.18. The number of halogens is 10. The topological polar surface area (TPSA) is 72.2 Å². The molecule has 0 saturated carbocycles. The van der Waals surface area contributed by atoms with Crippen molar-refractivity contribution in [3.63, 3.8) is 0 Å². The summed E-state index contributed by atoms with van der Waals surface area (Å²) in [7, 11) is -13.2. The number of hydrogen-bond donors (Lipinski definition) is 0. The number of hydrogen-bond acceptors (Lipinski definition) is 4. The van der Waals surface area contributed by atoms with Gasteiger partial charge in [0.2, 0.25) is 5.69 Å². The van der Waals surface area contributed by atoms with E-state index >= 15 is 0 Å². The number of benzene rings is 1. The lowest BCUT2D eigenvalue weighted by Gasteiger charge is -2.26. The number of aromatic nitrogens is 1. The molecule has 1 aromatic carbocycles. The molecule has 0 aliphatic heterocycles. The molecule has 1 aromatic heterocycles. The van der Waals surface area contributed by atoms with Crippen LogP contribution in [0.4, 0.5) is 39.5 Å². The molecule has 0 atom stereocenters. The van der Waals surface area contributed by atoms with Crippen molar-refractivity contribution in [3.05, 3.63) is 63.4 Å². The average molecular weight is 638 g/mol. The molecule has 0 N–H and O–H groups in total. The highest BCUT2D eigenvalue weighted by Crippen LogP contribution is 2.43. The van der Waals surface area contributed by atoms with Crippen LogP contribution in [-0.2, 0) is 31.3 Å². The number of nitrogens with zero attached hydrogens (tertiary/aromatic N) is 1. The lowest BCUT2D eigenvalue weighted by atomic mass is 9.88. The fourth-order valence-electron chi connectivity index (χ4n) is 2.25. The van der Waals surface area contributed by atoms with Gasteiger partial charge < -0.3 is 0 Å². The largest absolute Gasteiger partial charge is 0.470 e. The van der Waals surface area contributed by atoms with Crippen LogP contribution in [0.3, 0.4) is 0 Å². The highest BCUT2D eigenvalue weighted by molar-refractivity contribution is 9.15. The van der Waals surface area contributed by atoms with Gasteiger partial charge in [-0.1, -0.05) is 20.8 Å². The zero-order valence-electron chi connectivity index (χ0n) is 18.3. The fourth-order valence-corrected chi connectivity index (χ4v) is 5.44. The fraction of sp³-hybridized carbons (Fsp3) is 0.368. The Morgan fingerprint density at radius 2 is 1.03 bits per heavy atom.